The number of aromatic amines is 1. The van der Waals surface area contributed by atoms with Crippen LogP contribution in [0.5, 0.6) is 0 Å². The molecule has 1 aliphatic rings. The number of hydrogen-bond acceptors (Lipinski definition) is 4. The maximum Gasteiger partial charge on any atom is 0.254 e. The van der Waals surface area contributed by atoms with Gasteiger partial charge in [0.15, 0.2) is 0 Å². The SMILES string of the molecule is Cc1nn(-c2ccccc2)c(C)c1N1CCN(C(=O)c2ccc3nc[nH]c3c2)CC1. The van der Waals surface area contributed by atoms with Gasteiger partial charge in [-0.1, -0.05) is 18.2 Å². The number of anilines is 1. The van der Waals surface area contributed by atoms with E-state index in [2.05, 4.69) is 40.8 Å². The maximum atomic E-state index is 13.0. The minimum absolute atomic E-state index is 0.0691. The topological polar surface area (TPSA) is 70.1 Å². The molecule has 0 saturated carbocycles. The van der Waals surface area contributed by atoms with Gasteiger partial charge in [-0.2, -0.15) is 5.10 Å². The zero-order valence-corrected chi connectivity index (χ0v) is 17.2. The van der Waals surface area contributed by atoms with Crippen LogP contribution in [0.25, 0.3) is 16.7 Å². The summed E-state index contributed by atoms with van der Waals surface area (Å²) in [6.07, 6.45) is 1.65. The van der Waals surface area contributed by atoms with E-state index in [9.17, 15) is 4.79 Å². The Morgan fingerprint density at radius 2 is 1.77 bits per heavy atom. The van der Waals surface area contributed by atoms with Crippen molar-refractivity contribution in [3.8, 4) is 5.69 Å². The van der Waals surface area contributed by atoms with Crippen molar-refractivity contribution in [3.05, 3.63) is 71.8 Å². The number of rotatable bonds is 3. The lowest BCUT2D eigenvalue weighted by Gasteiger charge is -2.36. The van der Waals surface area contributed by atoms with Crippen LogP contribution >= 0.6 is 0 Å². The van der Waals surface area contributed by atoms with E-state index in [1.165, 1.54) is 5.69 Å². The van der Waals surface area contributed by atoms with Crippen LogP contribution < -0.4 is 4.90 Å². The third-order valence-electron chi connectivity index (χ3n) is 5.80. The molecule has 0 radical (unpaired) electrons. The molecule has 152 valence electrons. The van der Waals surface area contributed by atoms with Gasteiger partial charge in [-0.25, -0.2) is 9.67 Å². The first-order valence-electron chi connectivity index (χ1n) is 10.2. The number of nitrogens with zero attached hydrogens (tertiary/aromatic N) is 5. The highest BCUT2D eigenvalue weighted by atomic mass is 16.2. The minimum atomic E-state index is 0.0691. The van der Waals surface area contributed by atoms with E-state index in [1.807, 2.05) is 46.0 Å². The number of nitrogens with one attached hydrogen (secondary N) is 1. The van der Waals surface area contributed by atoms with Crippen LogP contribution in [-0.2, 0) is 0 Å². The fourth-order valence-corrected chi connectivity index (χ4v) is 4.30. The first-order valence-corrected chi connectivity index (χ1v) is 10.2. The van der Waals surface area contributed by atoms with Crippen LogP contribution in [-0.4, -0.2) is 56.7 Å². The molecule has 1 saturated heterocycles. The highest BCUT2D eigenvalue weighted by Gasteiger charge is 2.26. The Bertz CT molecular complexity index is 1200. The van der Waals surface area contributed by atoms with Gasteiger partial charge in [0.2, 0.25) is 0 Å². The summed E-state index contributed by atoms with van der Waals surface area (Å²) in [7, 11) is 0. The molecule has 5 rings (SSSR count). The van der Waals surface area contributed by atoms with Crippen LogP contribution in [0, 0.1) is 13.8 Å². The van der Waals surface area contributed by atoms with E-state index < -0.39 is 0 Å². The van der Waals surface area contributed by atoms with E-state index in [0.29, 0.717) is 18.7 Å². The van der Waals surface area contributed by atoms with Gasteiger partial charge in [-0.05, 0) is 44.2 Å². The maximum absolute atomic E-state index is 13.0. The van der Waals surface area contributed by atoms with Crippen molar-refractivity contribution < 1.29 is 4.79 Å². The van der Waals surface area contributed by atoms with E-state index in [0.717, 1.165) is 41.2 Å². The summed E-state index contributed by atoms with van der Waals surface area (Å²) in [6, 6.07) is 15.8. The third kappa shape index (κ3) is 3.12. The van der Waals surface area contributed by atoms with E-state index >= 15 is 0 Å². The van der Waals surface area contributed by atoms with Gasteiger partial charge in [-0.15, -0.1) is 0 Å². The number of aryl methyl sites for hydroxylation is 1. The average molecular weight is 400 g/mol. The van der Waals surface area contributed by atoms with Crippen molar-refractivity contribution in [3.63, 3.8) is 0 Å². The zero-order chi connectivity index (χ0) is 20.7. The van der Waals surface area contributed by atoms with E-state index in [1.54, 1.807) is 6.33 Å². The number of piperazine rings is 1. The molecule has 2 aromatic carbocycles. The molecule has 1 aliphatic heterocycles. The highest BCUT2D eigenvalue weighted by Crippen LogP contribution is 2.28. The molecular formula is C23H24N6O. The van der Waals surface area contributed by atoms with Gasteiger partial charge in [0, 0.05) is 31.7 Å². The van der Waals surface area contributed by atoms with Crippen molar-refractivity contribution in [1.82, 2.24) is 24.6 Å². The average Bonchev–Trinajstić information content (AvgIpc) is 3.37. The number of para-hydroxylation sites is 1. The predicted octanol–water partition coefficient (Wildman–Crippen LogP) is 3.33. The van der Waals surface area contributed by atoms with Crippen molar-refractivity contribution in [2.24, 2.45) is 0 Å². The van der Waals surface area contributed by atoms with Crippen LogP contribution in [0.4, 0.5) is 5.69 Å². The number of benzene rings is 2. The molecule has 0 aliphatic carbocycles. The summed E-state index contributed by atoms with van der Waals surface area (Å²) < 4.78 is 2.00. The summed E-state index contributed by atoms with van der Waals surface area (Å²) in [5.41, 5.74) is 6.84. The number of aromatic nitrogens is 4. The van der Waals surface area contributed by atoms with Crippen molar-refractivity contribution >= 4 is 22.6 Å². The molecule has 0 unspecified atom stereocenters. The Balaban J connectivity index is 1.32. The fourth-order valence-electron chi connectivity index (χ4n) is 4.30. The van der Waals surface area contributed by atoms with Crippen LogP contribution in [0.3, 0.4) is 0 Å². The number of carbonyl (C=O) groups is 1. The Morgan fingerprint density at radius 3 is 2.53 bits per heavy atom. The monoisotopic (exact) mass is 400 g/mol. The molecule has 1 fully saturated rings. The molecule has 3 heterocycles. The lowest BCUT2D eigenvalue weighted by atomic mass is 10.1. The van der Waals surface area contributed by atoms with Gasteiger partial charge >= 0.3 is 0 Å². The molecule has 0 spiro atoms. The molecule has 0 bridgehead atoms. The molecular weight excluding hydrogens is 376 g/mol. The zero-order valence-electron chi connectivity index (χ0n) is 17.2. The van der Waals surface area contributed by atoms with Gasteiger partial charge in [0.1, 0.15) is 0 Å². The largest absolute Gasteiger partial charge is 0.365 e. The van der Waals surface area contributed by atoms with Gasteiger partial charge < -0.3 is 14.8 Å². The first kappa shape index (κ1) is 18.4. The van der Waals surface area contributed by atoms with Crippen molar-refractivity contribution in [1.29, 1.82) is 0 Å². The molecule has 1 N–H and O–H groups in total. The minimum Gasteiger partial charge on any atom is -0.365 e. The summed E-state index contributed by atoms with van der Waals surface area (Å²) >= 11 is 0. The van der Waals surface area contributed by atoms with Crippen LogP contribution in [0.1, 0.15) is 21.7 Å². The van der Waals surface area contributed by atoms with E-state index in [4.69, 9.17) is 5.10 Å². The van der Waals surface area contributed by atoms with Crippen molar-refractivity contribution in [2.75, 3.05) is 31.1 Å². The molecule has 7 nitrogen and oxygen atoms in total. The number of amides is 1. The predicted molar refractivity (Wildman–Crippen MR) is 117 cm³/mol. The molecule has 2 aromatic heterocycles. The summed E-state index contributed by atoms with van der Waals surface area (Å²) in [5.74, 6) is 0.0691. The van der Waals surface area contributed by atoms with Crippen molar-refractivity contribution in [2.45, 2.75) is 13.8 Å². The lowest BCUT2D eigenvalue weighted by Crippen LogP contribution is -2.49. The number of carbonyl (C=O) groups excluding carboxylic acids is 1. The second kappa shape index (κ2) is 7.33. The highest BCUT2D eigenvalue weighted by molar-refractivity contribution is 5.97. The normalized spacial score (nSPS) is 14.5. The number of fused-ring (bicyclic) bond motifs is 1. The Hall–Kier alpha value is -3.61. The molecule has 1 amide bonds. The Kier molecular flexibility index (Phi) is 4.50. The number of hydrogen-bond donors (Lipinski definition) is 1. The first-order chi connectivity index (χ1) is 14.6. The summed E-state index contributed by atoms with van der Waals surface area (Å²) in [6.45, 7) is 7.13. The Morgan fingerprint density at radius 1 is 1.00 bits per heavy atom. The molecule has 7 heteroatoms. The summed E-state index contributed by atoms with van der Waals surface area (Å²) in [5, 5.41) is 4.77. The van der Waals surface area contributed by atoms with Gasteiger partial charge in [-0.3, -0.25) is 4.79 Å². The standard InChI is InChI=1S/C23H24N6O/c1-16-22(17(2)29(26-16)19-6-4-3-5-7-19)27-10-12-28(13-11-27)23(30)18-8-9-20-21(14-18)25-15-24-20/h3-9,14-15H,10-13H2,1-2H3,(H,24,25). The van der Waals surface area contributed by atoms with E-state index in [-0.39, 0.29) is 5.91 Å². The molecule has 0 atom stereocenters. The smallest absolute Gasteiger partial charge is 0.254 e. The molecule has 30 heavy (non-hydrogen) atoms. The quantitative estimate of drug-likeness (QED) is 0.573. The van der Waals surface area contributed by atoms with Gasteiger partial charge in [0.25, 0.3) is 5.91 Å². The van der Waals surface area contributed by atoms with Crippen LogP contribution in [0.2, 0.25) is 0 Å². The summed E-state index contributed by atoms with van der Waals surface area (Å²) in [4.78, 5) is 24.6. The van der Waals surface area contributed by atoms with Gasteiger partial charge in [0.05, 0.1) is 40.1 Å². The fraction of sp³-hybridized carbons (Fsp3) is 0.261. The third-order valence-corrected chi connectivity index (χ3v) is 5.80. The number of H-pyrrole nitrogens is 1. The lowest BCUT2D eigenvalue weighted by molar-refractivity contribution is 0.0747. The number of imidazole rings is 1. The Labute approximate surface area is 174 Å². The molecule has 4 aromatic rings. The second-order valence-corrected chi connectivity index (χ2v) is 7.68. The second-order valence-electron chi connectivity index (χ2n) is 7.68. The van der Waals surface area contributed by atoms with Crippen LogP contribution in [0.15, 0.2) is 54.9 Å².